The molecule has 1 heterocycles. The number of anilines is 1. The van der Waals surface area contributed by atoms with E-state index < -0.39 is 11.4 Å². The van der Waals surface area contributed by atoms with E-state index in [9.17, 15) is 14.7 Å². The number of carboxylic acid groups (broad SMARTS) is 1. The van der Waals surface area contributed by atoms with Crippen LogP contribution in [0, 0.1) is 53.3 Å². The number of carboxylic acids is 1. The van der Waals surface area contributed by atoms with Crippen LogP contribution >= 0.6 is 0 Å². The zero-order chi connectivity index (χ0) is 14.3. The Morgan fingerprint density at radius 1 is 1.14 bits per heavy atom. The maximum Gasteiger partial charge on any atom is 0.310 e. The molecule has 0 spiro atoms. The van der Waals surface area contributed by atoms with Crippen molar-refractivity contribution in [3.63, 3.8) is 0 Å². The van der Waals surface area contributed by atoms with Crippen molar-refractivity contribution in [1.29, 1.82) is 0 Å². The molecule has 106 valence electrons. The third-order valence-corrected chi connectivity index (χ3v) is 7.55. The van der Waals surface area contributed by atoms with E-state index in [1.807, 2.05) is 19.1 Å². The van der Waals surface area contributed by atoms with Crippen molar-refractivity contribution >= 4 is 17.7 Å². The number of aromatic nitrogens is 1. The Labute approximate surface area is 120 Å². The number of pyridine rings is 1. The molecule has 0 saturated heterocycles. The minimum Gasteiger partial charge on any atom is -0.481 e. The molecule has 0 unspecified atom stereocenters. The van der Waals surface area contributed by atoms with Crippen LogP contribution in [0.3, 0.4) is 0 Å². The highest BCUT2D eigenvalue weighted by Gasteiger charge is 3.13. The fourth-order valence-electron chi connectivity index (χ4n) is 7.24. The van der Waals surface area contributed by atoms with Crippen molar-refractivity contribution in [2.75, 3.05) is 5.32 Å². The van der Waals surface area contributed by atoms with Crippen LogP contribution in [-0.4, -0.2) is 22.0 Å². The average Bonchev–Trinajstić information content (AvgIpc) is 2.46. The summed E-state index contributed by atoms with van der Waals surface area (Å²) in [6.07, 6.45) is 1.70. The van der Waals surface area contributed by atoms with Crippen LogP contribution in [0.2, 0.25) is 0 Å². The first-order chi connectivity index (χ1) is 10.1. The third kappa shape index (κ3) is 0.662. The molecule has 0 aliphatic heterocycles. The molecule has 1 aromatic rings. The molecule has 1 aromatic heterocycles. The summed E-state index contributed by atoms with van der Waals surface area (Å²) in [4.78, 5) is 28.4. The number of carbonyl (C=O) groups excluding carboxylic acids is 1. The van der Waals surface area contributed by atoms with Crippen molar-refractivity contribution in [3.8, 4) is 0 Å². The minimum atomic E-state index is -0.611. The normalized spacial score (nSPS) is 54.9. The lowest BCUT2D eigenvalue weighted by atomic mass is 8.92. The number of aliphatic carboxylic acids is 1. The minimum absolute atomic E-state index is 0.0861. The largest absolute Gasteiger partial charge is 0.481 e. The predicted octanol–water partition coefficient (Wildman–Crippen LogP) is 1.15. The van der Waals surface area contributed by atoms with Gasteiger partial charge in [0.1, 0.15) is 5.82 Å². The second kappa shape index (κ2) is 2.60. The molecule has 0 bridgehead atoms. The fourth-order valence-corrected chi connectivity index (χ4v) is 7.24. The van der Waals surface area contributed by atoms with Gasteiger partial charge in [-0.15, -0.1) is 0 Å². The van der Waals surface area contributed by atoms with E-state index in [2.05, 4.69) is 10.3 Å². The first kappa shape index (κ1) is 10.8. The first-order valence-corrected chi connectivity index (χ1v) is 7.55. The van der Waals surface area contributed by atoms with Gasteiger partial charge in [0.2, 0.25) is 5.91 Å². The van der Waals surface area contributed by atoms with Crippen LogP contribution in [0.1, 0.15) is 5.56 Å². The predicted molar refractivity (Wildman–Crippen MR) is 71.0 cm³/mol. The standard InChI is InChI=1S/C16H14N2O3/c1-5-2-3-17-6(4-5)18-13(19)15-7-10-8(15)12-9(15)11(7)16(10,12)14(20)21/h2-4,7-12H,1H3,(H,20,21)(H,17,18,19). The third-order valence-electron chi connectivity index (χ3n) is 7.55. The summed E-state index contributed by atoms with van der Waals surface area (Å²) in [7, 11) is 0. The van der Waals surface area contributed by atoms with Gasteiger partial charge in [0, 0.05) is 6.20 Å². The average molecular weight is 282 g/mol. The van der Waals surface area contributed by atoms with Crippen LogP contribution in [0.4, 0.5) is 5.82 Å². The summed E-state index contributed by atoms with van der Waals surface area (Å²) in [6, 6.07) is 3.77. The quantitative estimate of drug-likeness (QED) is 0.871. The molecule has 6 aliphatic carbocycles. The van der Waals surface area contributed by atoms with E-state index in [1.54, 1.807) is 6.20 Å². The monoisotopic (exact) mass is 282 g/mol. The lowest BCUT2D eigenvalue weighted by Crippen LogP contribution is -3.12. The zero-order valence-corrected chi connectivity index (χ0v) is 11.4. The molecule has 6 fully saturated rings. The number of carbonyl (C=O) groups is 2. The number of hydrogen-bond acceptors (Lipinski definition) is 3. The van der Waals surface area contributed by atoms with Crippen LogP contribution in [0.25, 0.3) is 0 Å². The molecule has 0 atom stereocenters. The molecule has 6 aliphatic rings. The SMILES string of the molecule is Cc1ccnc(NC(=O)C23C4C5C2C2C3C4C52C(=O)O)c1. The number of aryl methyl sites for hydroxylation is 1. The Balaban J connectivity index is 1.29. The van der Waals surface area contributed by atoms with Crippen LogP contribution in [-0.2, 0) is 9.59 Å². The molecule has 6 saturated carbocycles. The Hall–Kier alpha value is -1.91. The molecule has 1 amide bonds. The summed E-state index contributed by atoms with van der Waals surface area (Å²) in [5.74, 6) is 2.02. The van der Waals surface area contributed by atoms with Gasteiger partial charge >= 0.3 is 5.97 Å². The van der Waals surface area contributed by atoms with Crippen molar-refractivity contribution in [3.05, 3.63) is 23.9 Å². The molecule has 5 nitrogen and oxygen atoms in total. The first-order valence-electron chi connectivity index (χ1n) is 7.55. The van der Waals surface area contributed by atoms with Gasteiger partial charge in [0.25, 0.3) is 0 Å². The Bertz CT molecular complexity index is 717. The highest BCUT2D eigenvalue weighted by atomic mass is 16.4. The van der Waals surface area contributed by atoms with Gasteiger partial charge in [0.05, 0.1) is 10.8 Å². The summed E-state index contributed by atoms with van der Waals surface area (Å²) in [6.45, 7) is 1.97. The van der Waals surface area contributed by atoms with Gasteiger partial charge in [-0.05, 0) is 60.1 Å². The number of nitrogens with zero attached hydrogens (tertiary/aromatic N) is 1. The summed E-state index contributed by atoms with van der Waals surface area (Å²) >= 11 is 0. The molecular formula is C16H14N2O3. The summed E-state index contributed by atoms with van der Waals surface area (Å²) in [5, 5.41) is 12.4. The van der Waals surface area contributed by atoms with Crippen LogP contribution in [0.5, 0.6) is 0 Å². The highest BCUT2D eigenvalue weighted by molar-refractivity contribution is 6.04. The number of hydrogen-bond donors (Lipinski definition) is 2. The van der Waals surface area contributed by atoms with E-state index in [4.69, 9.17) is 0 Å². The van der Waals surface area contributed by atoms with Crippen molar-refractivity contribution in [2.45, 2.75) is 6.92 Å². The molecule has 5 heteroatoms. The molecule has 0 aromatic carbocycles. The van der Waals surface area contributed by atoms with Gasteiger partial charge in [-0.25, -0.2) is 4.98 Å². The Kier molecular flexibility index (Phi) is 1.33. The second-order valence-electron chi connectivity index (χ2n) is 7.50. The topological polar surface area (TPSA) is 79.3 Å². The molecule has 7 rings (SSSR count). The molecule has 21 heavy (non-hydrogen) atoms. The number of amides is 1. The van der Waals surface area contributed by atoms with Gasteiger partial charge in [-0.3, -0.25) is 9.59 Å². The van der Waals surface area contributed by atoms with E-state index in [1.165, 1.54) is 0 Å². The van der Waals surface area contributed by atoms with Gasteiger partial charge < -0.3 is 10.4 Å². The van der Waals surface area contributed by atoms with E-state index in [0.29, 0.717) is 41.3 Å². The Morgan fingerprint density at radius 2 is 1.71 bits per heavy atom. The maximum absolute atomic E-state index is 12.7. The van der Waals surface area contributed by atoms with Crippen molar-refractivity contribution in [2.24, 2.45) is 46.3 Å². The lowest BCUT2D eigenvalue weighted by molar-refractivity contribution is -0.625. The fraction of sp³-hybridized carbons (Fsp3) is 0.562. The number of rotatable bonds is 3. The van der Waals surface area contributed by atoms with Crippen molar-refractivity contribution < 1.29 is 14.7 Å². The van der Waals surface area contributed by atoms with Gasteiger partial charge in [-0.1, -0.05) is 0 Å². The highest BCUT2D eigenvalue weighted by Crippen LogP contribution is 3.10. The van der Waals surface area contributed by atoms with E-state index in [0.717, 1.165) is 5.56 Å². The smallest absolute Gasteiger partial charge is 0.310 e. The van der Waals surface area contributed by atoms with Crippen LogP contribution < -0.4 is 5.32 Å². The van der Waals surface area contributed by atoms with Gasteiger partial charge in [0.15, 0.2) is 0 Å². The summed E-state index contributed by atoms with van der Waals surface area (Å²) in [5.41, 5.74) is 0.450. The number of nitrogens with one attached hydrogen (secondary N) is 1. The molecular weight excluding hydrogens is 268 g/mol. The summed E-state index contributed by atoms with van der Waals surface area (Å²) < 4.78 is 0. The van der Waals surface area contributed by atoms with Gasteiger partial charge in [-0.2, -0.15) is 0 Å². The Morgan fingerprint density at radius 3 is 2.24 bits per heavy atom. The lowest BCUT2D eigenvalue weighted by Gasteiger charge is -3.09. The van der Waals surface area contributed by atoms with E-state index in [-0.39, 0.29) is 11.3 Å². The zero-order valence-electron chi connectivity index (χ0n) is 11.4. The maximum atomic E-state index is 12.7. The van der Waals surface area contributed by atoms with Crippen molar-refractivity contribution in [1.82, 2.24) is 4.98 Å². The molecule has 0 radical (unpaired) electrons. The second-order valence-corrected chi connectivity index (χ2v) is 7.50. The van der Waals surface area contributed by atoms with E-state index >= 15 is 0 Å². The molecule has 2 N–H and O–H groups in total. The van der Waals surface area contributed by atoms with Crippen LogP contribution in [0.15, 0.2) is 18.3 Å².